The summed E-state index contributed by atoms with van der Waals surface area (Å²) < 4.78 is 23.6. The summed E-state index contributed by atoms with van der Waals surface area (Å²) in [5.74, 6) is 2.21. The lowest BCUT2D eigenvalue weighted by atomic mass is 9.95. The van der Waals surface area contributed by atoms with E-state index in [9.17, 15) is 10.1 Å². The number of pyridine rings is 1. The molecule has 2 N–H and O–H groups in total. The van der Waals surface area contributed by atoms with Crippen LogP contribution in [0, 0.1) is 17.2 Å². The average Bonchev–Trinajstić information content (AvgIpc) is 3.50. The highest BCUT2D eigenvalue weighted by Crippen LogP contribution is 2.38. The minimum absolute atomic E-state index is 0. The van der Waals surface area contributed by atoms with E-state index in [1.165, 1.54) is 0 Å². The Hall–Kier alpha value is -4.10. The van der Waals surface area contributed by atoms with E-state index in [1.807, 2.05) is 36.4 Å². The Kier molecular flexibility index (Phi) is 10.4. The summed E-state index contributed by atoms with van der Waals surface area (Å²) in [7, 11) is 1.58. The maximum Gasteiger partial charge on any atom is 0.251 e. The standard InChI is InChI=1S/C34H36N4O5.ClH/c1-40-31-19-24(34(39)38-14-8-22-6-12-36-13-7-22)2-4-28(31)32-20-29-33(43-32)27(9-15-37-29)23-3-5-30(25(18-23)21-35)42-26-10-16-41-17-11-26;/h2-5,9,15,18-20,22,26,36H,6-8,10-14,16-17H2,1H3,(H,38,39);1H. The molecule has 4 heterocycles. The highest BCUT2D eigenvalue weighted by atomic mass is 35.5. The molecule has 2 aliphatic heterocycles. The Bertz CT molecular complexity index is 1640. The number of hydrogen-bond acceptors (Lipinski definition) is 8. The molecule has 6 rings (SSSR count). The summed E-state index contributed by atoms with van der Waals surface area (Å²) in [5.41, 5.74) is 4.63. The SMILES string of the molecule is COc1cc(C(=O)NCCC2CCNCC2)ccc1-c1cc2nccc(-c3ccc(OC4CCOCC4)c(C#N)c3)c2o1.Cl. The normalized spacial score (nSPS) is 15.7. The second kappa shape index (κ2) is 14.6. The van der Waals surface area contributed by atoms with Crippen molar-refractivity contribution < 1.29 is 23.4 Å². The van der Waals surface area contributed by atoms with E-state index < -0.39 is 0 Å². The number of methoxy groups -OCH3 is 1. The van der Waals surface area contributed by atoms with Crippen molar-refractivity contribution >= 4 is 29.4 Å². The summed E-state index contributed by atoms with van der Waals surface area (Å²) in [4.78, 5) is 17.4. The zero-order valence-electron chi connectivity index (χ0n) is 24.8. The number of nitriles is 1. The van der Waals surface area contributed by atoms with Gasteiger partial charge < -0.3 is 29.3 Å². The van der Waals surface area contributed by atoms with Crippen LogP contribution in [-0.4, -0.2) is 57.0 Å². The minimum Gasteiger partial charge on any atom is -0.496 e. The Labute approximate surface area is 263 Å². The number of amides is 1. The van der Waals surface area contributed by atoms with Gasteiger partial charge in [-0.05, 0) is 80.2 Å². The Balaban J connectivity index is 0.00000384. The molecule has 0 atom stereocenters. The van der Waals surface area contributed by atoms with Gasteiger partial charge >= 0.3 is 0 Å². The number of piperidine rings is 1. The molecule has 0 bridgehead atoms. The first kappa shape index (κ1) is 31.3. The molecule has 0 spiro atoms. The smallest absolute Gasteiger partial charge is 0.251 e. The van der Waals surface area contributed by atoms with Crippen LogP contribution in [0.4, 0.5) is 0 Å². The van der Waals surface area contributed by atoms with Gasteiger partial charge in [0.05, 0.1) is 31.5 Å². The van der Waals surface area contributed by atoms with Gasteiger partial charge in [0.1, 0.15) is 34.9 Å². The Morgan fingerprint density at radius 1 is 1.05 bits per heavy atom. The lowest BCUT2D eigenvalue weighted by Gasteiger charge is -2.23. The third kappa shape index (κ3) is 6.99. The van der Waals surface area contributed by atoms with E-state index in [2.05, 4.69) is 21.7 Å². The number of benzene rings is 2. The Morgan fingerprint density at radius 2 is 1.86 bits per heavy atom. The number of nitrogens with zero attached hydrogens (tertiary/aromatic N) is 2. The first-order valence-corrected chi connectivity index (χ1v) is 15.0. The van der Waals surface area contributed by atoms with Gasteiger partial charge in [-0.2, -0.15) is 5.26 Å². The van der Waals surface area contributed by atoms with Crippen LogP contribution in [0.3, 0.4) is 0 Å². The predicted octanol–water partition coefficient (Wildman–Crippen LogP) is 6.14. The van der Waals surface area contributed by atoms with Crippen LogP contribution >= 0.6 is 12.4 Å². The van der Waals surface area contributed by atoms with Gasteiger partial charge in [0.15, 0.2) is 5.58 Å². The molecule has 2 aromatic carbocycles. The van der Waals surface area contributed by atoms with E-state index in [1.54, 1.807) is 25.4 Å². The largest absolute Gasteiger partial charge is 0.496 e. The highest BCUT2D eigenvalue weighted by molar-refractivity contribution is 5.96. The number of nitrogens with one attached hydrogen (secondary N) is 2. The van der Waals surface area contributed by atoms with Crippen molar-refractivity contribution in [2.45, 2.75) is 38.2 Å². The van der Waals surface area contributed by atoms with Crippen molar-refractivity contribution in [3.63, 3.8) is 0 Å². The molecule has 0 radical (unpaired) electrons. The number of carbonyl (C=O) groups is 1. The summed E-state index contributed by atoms with van der Waals surface area (Å²) in [6.07, 6.45) is 6.67. The van der Waals surface area contributed by atoms with Crippen molar-refractivity contribution in [2.24, 2.45) is 5.92 Å². The van der Waals surface area contributed by atoms with Gasteiger partial charge in [0.2, 0.25) is 0 Å². The van der Waals surface area contributed by atoms with Gasteiger partial charge in [-0.15, -0.1) is 12.4 Å². The number of rotatable bonds is 9. The molecule has 2 saturated heterocycles. The van der Waals surface area contributed by atoms with Crippen LogP contribution in [-0.2, 0) is 4.74 Å². The van der Waals surface area contributed by atoms with Crippen molar-refractivity contribution in [3.05, 3.63) is 65.9 Å². The molecule has 0 unspecified atom stereocenters. The number of furan rings is 1. The van der Waals surface area contributed by atoms with Gasteiger partial charge in [-0.1, -0.05) is 6.07 Å². The maximum atomic E-state index is 12.9. The molecule has 0 aliphatic carbocycles. The topological polar surface area (TPSA) is 119 Å². The number of hydrogen-bond donors (Lipinski definition) is 2. The molecule has 1 amide bonds. The molecule has 0 saturated carbocycles. The predicted molar refractivity (Wildman–Crippen MR) is 170 cm³/mol. The van der Waals surface area contributed by atoms with E-state index in [4.69, 9.17) is 18.6 Å². The zero-order valence-corrected chi connectivity index (χ0v) is 25.6. The van der Waals surface area contributed by atoms with Gasteiger partial charge in [-0.3, -0.25) is 9.78 Å². The number of halogens is 1. The minimum atomic E-state index is -0.120. The second-order valence-electron chi connectivity index (χ2n) is 11.1. The fourth-order valence-electron chi connectivity index (χ4n) is 5.86. The molecular formula is C34H37ClN4O5. The summed E-state index contributed by atoms with van der Waals surface area (Å²) >= 11 is 0. The van der Waals surface area contributed by atoms with Gasteiger partial charge in [0.25, 0.3) is 5.91 Å². The number of fused-ring (bicyclic) bond motifs is 1. The lowest BCUT2D eigenvalue weighted by Crippen LogP contribution is -2.31. The van der Waals surface area contributed by atoms with Crippen LogP contribution in [0.25, 0.3) is 33.6 Å². The van der Waals surface area contributed by atoms with E-state index >= 15 is 0 Å². The lowest BCUT2D eigenvalue weighted by molar-refractivity contribution is 0.0254. The van der Waals surface area contributed by atoms with Crippen LogP contribution < -0.4 is 20.1 Å². The van der Waals surface area contributed by atoms with Crippen LogP contribution in [0.15, 0.2) is 59.1 Å². The Morgan fingerprint density at radius 3 is 2.64 bits per heavy atom. The fourth-order valence-corrected chi connectivity index (χ4v) is 5.86. The molecule has 2 aromatic heterocycles. The molecular weight excluding hydrogens is 580 g/mol. The van der Waals surface area contributed by atoms with Gasteiger partial charge in [0, 0.05) is 42.8 Å². The molecule has 2 aliphatic rings. The average molecular weight is 617 g/mol. The first-order valence-electron chi connectivity index (χ1n) is 15.0. The number of aromatic nitrogens is 1. The van der Waals surface area contributed by atoms with Crippen molar-refractivity contribution in [1.29, 1.82) is 5.26 Å². The zero-order chi connectivity index (χ0) is 29.6. The summed E-state index contributed by atoms with van der Waals surface area (Å²) in [6, 6.07) is 17.0. The first-order chi connectivity index (χ1) is 21.1. The summed E-state index contributed by atoms with van der Waals surface area (Å²) in [5, 5.41) is 16.3. The molecule has 230 valence electrons. The third-order valence-electron chi connectivity index (χ3n) is 8.31. The summed E-state index contributed by atoms with van der Waals surface area (Å²) in [6.45, 7) is 4.09. The van der Waals surface area contributed by atoms with Gasteiger partial charge in [-0.25, -0.2) is 0 Å². The molecule has 4 aromatic rings. The van der Waals surface area contributed by atoms with Crippen LogP contribution in [0.2, 0.25) is 0 Å². The molecule has 10 heteroatoms. The molecule has 2 fully saturated rings. The molecule has 44 heavy (non-hydrogen) atoms. The van der Waals surface area contributed by atoms with Crippen LogP contribution in [0.1, 0.15) is 48.0 Å². The van der Waals surface area contributed by atoms with Crippen molar-refractivity contribution in [1.82, 2.24) is 15.6 Å². The maximum absolute atomic E-state index is 12.9. The van der Waals surface area contributed by atoms with Crippen molar-refractivity contribution in [3.8, 4) is 40.0 Å². The quantitative estimate of drug-likeness (QED) is 0.230. The second-order valence-corrected chi connectivity index (χ2v) is 11.1. The van der Waals surface area contributed by atoms with E-state index in [0.29, 0.717) is 65.2 Å². The highest BCUT2D eigenvalue weighted by Gasteiger charge is 2.20. The fraction of sp³-hybridized carbons (Fsp3) is 0.382. The van der Waals surface area contributed by atoms with Crippen molar-refractivity contribution in [2.75, 3.05) is 40.0 Å². The monoisotopic (exact) mass is 616 g/mol. The number of carbonyl (C=O) groups excluding carboxylic acids is 1. The molecule has 9 nitrogen and oxygen atoms in total. The van der Waals surface area contributed by atoms with E-state index in [0.717, 1.165) is 61.9 Å². The van der Waals surface area contributed by atoms with Crippen LogP contribution in [0.5, 0.6) is 11.5 Å². The third-order valence-corrected chi connectivity index (χ3v) is 8.31. The van der Waals surface area contributed by atoms with E-state index in [-0.39, 0.29) is 24.4 Å². The number of ether oxygens (including phenoxy) is 3.